The van der Waals surface area contributed by atoms with E-state index in [1.165, 1.54) is 0 Å². The van der Waals surface area contributed by atoms with Gasteiger partial charge in [-0.3, -0.25) is 4.98 Å². The standard InChI is InChI=1S/C13H21ClN2O2/c1-4-6-16-12(13(17-2)18-3)8-10-5-7-15-9-11(10)14/h5,7,9,12-13,16H,4,6,8H2,1-3H3. The molecule has 0 saturated heterocycles. The maximum atomic E-state index is 6.12. The van der Waals surface area contributed by atoms with Crippen LogP contribution in [0.2, 0.25) is 5.02 Å². The molecule has 0 aliphatic carbocycles. The maximum Gasteiger partial charge on any atom is 0.172 e. The molecule has 0 amide bonds. The zero-order chi connectivity index (χ0) is 13.4. The Morgan fingerprint density at radius 2 is 2.11 bits per heavy atom. The highest BCUT2D eigenvalue weighted by molar-refractivity contribution is 6.31. The first kappa shape index (κ1) is 15.4. The fourth-order valence-electron chi connectivity index (χ4n) is 1.83. The monoisotopic (exact) mass is 272 g/mol. The summed E-state index contributed by atoms with van der Waals surface area (Å²) in [5.41, 5.74) is 1.04. The highest BCUT2D eigenvalue weighted by Gasteiger charge is 2.21. The van der Waals surface area contributed by atoms with Crippen molar-refractivity contribution in [3.8, 4) is 0 Å². The smallest absolute Gasteiger partial charge is 0.172 e. The molecule has 0 fully saturated rings. The minimum atomic E-state index is -0.291. The van der Waals surface area contributed by atoms with E-state index in [0.717, 1.165) is 24.9 Å². The summed E-state index contributed by atoms with van der Waals surface area (Å²) < 4.78 is 10.7. The Hall–Kier alpha value is -0.680. The SMILES string of the molecule is CCCNC(Cc1ccncc1Cl)C(OC)OC. The van der Waals surface area contributed by atoms with Crippen molar-refractivity contribution in [1.82, 2.24) is 10.3 Å². The number of rotatable bonds is 8. The predicted octanol–water partition coefficient (Wildman–Crippen LogP) is 2.26. The molecule has 1 atom stereocenters. The van der Waals surface area contributed by atoms with Crippen LogP contribution < -0.4 is 5.32 Å². The quantitative estimate of drug-likeness (QED) is 0.738. The lowest BCUT2D eigenvalue weighted by atomic mass is 10.1. The summed E-state index contributed by atoms with van der Waals surface area (Å²) in [5, 5.41) is 4.09. The average Bonchev–Trinajstić information content (AvgIpc) is 2.39. The topological polar surface area (TPSA) is 43.4 Å². The zero-order valence-electron chi connectivity index (χ0n) is 11.1. The number of pyridine rings is 1. The van der Waals surface area contributed by atoms with Gasteiger partial charge in [0.15, 0.2) is 6.29 Å². The molecule has 0 radical (unpaired) electrons. The summed E-state index contributed by atoms with van der Waals surface area (Å²) in [6.45, 7) is 3.04. The summed E-state index contributed by atoms with van der Waals surface area (Å²) in [5.74, 6) is 0. The molecule has 1 aromatic rings. The molecule has 0 aromatic carbocycles. The Morgan fingerprint density at radius 1 is 1.39 bits per heavy atom. The number of nitrogens with one attached hydrogen (secondary N) is 1. The molecule has 0 bridgehead atoms. The first-order chi connectivity index (χ1) is 8.72. The number of nitrogens with zero attached hydrogens (tertiary/aromatic N) is 1. The fourth-order valence-corrected chi connectivity index (χ4v) is 2.02. The molecular weight excluding hydrogens is 252 g/mol. The number of methoxy groups -OCH3 is 2. The maximum absolute atomic E-state index is 6.12. The van der Waals surface area contributed by atoms with Gasteiger partial charge in [-0.15, -0.1) is 0 Å². The van der Waals surface area contributed by atoms with Crippen molar-refractivity contribution in [3.05, 3.63) is 29.0 Å². The third-order valence-electron chi connectivity index (χ3n) is 2.75. The highest BCUT2D eigenvalue weighted by Crippen LogP contribution is 2.17. The Bertz CT molecular complexity index is 346. The van der Waals surface area contributed by atoms with E-state index in [1.54, 1.807) is 26.6 Å². The first-order valence-electron chi connectivity index (χ1n) is 6.10. The summed E-state index contributed by atoms with van der Waals surface area (Å²) in [6.07, 6.45) is 4.91. The Labute approximate surface area is 114 Å². The van der Waals surface area contributed by atoms with Gasteiger partial charge in [-0.05, 0) is 31.0 Å². The van der Waals surface area contributed by atoms with Crippen molar-refractivity contribution < 1.29 is 9.47 Å². The minimum Gasteiger partial charge on any atom is -0.354 e. The van der Waals surface area contributed by atoms with Gasteiger partial charge in [-0.25, -0.2) is 0 Å². The van der Waals surface area contributed by atoms with E-state index in [0.29, 0.717) is 5.02 Å². The molecule has 0 aliphatic rings. The van der Waals surface area contributed by atoms with Crippen LogP contribution in [0.3, 0.4) is 0 Å². The minimum absolute atomic E-state index is 0.0693. The second-order valence-electron chi connectivity index (χ2n) is 4.07. The number of ether oxygens (including phenoxy) is 2. The third-order valence-corrected chi connectivity index (χ3v) is 3.09. The molecule has 1 rings (SSSR count). The molecule has 1 heterocycles. The van der Waals surface area contributed by atoms with Crippen LogP contribution >= 0.6 is 11.6 Å². The van der Waals surface area contributed by atoms with E-state index in [1.807, 2.05) is 6.07 Å². The summed E-state index contributed by atoms with van der Waals surface area (Å²) in [7, 11) is 3.28. The molecular formula is C13H21ClN2O2. The number of halogens is 1. The molecule has 1 N–H and O–H groups in total. The van der Waals surface area contributed by atoms with E-state index in [9.17, 15) is 0 Å². The number of aromatic nitrogens is 1. The zero-order valence-corrected chi connectivity index (χ0v) is 11.9. The fraction of sp³-hybridized carbons (Fsp3) is 0.615. The summed E-state index contributed by atoms with van der Waals surface area (Å²) in [6, 6.07) is 1.99. The summed E-state index contributed by atoms with van der Waals surface area (Å²) >= 11 is 6.12. The normalized spacial score (nSPS) is 12.9. The van der Waals surface area contributed by atoms with Crippen molar-refractivity contribution in [3.63, 3.8) is 0 Å². The summed E-state index contributed by atoms with van der Waals surface area (Å²) in [4.78, 5) is 3.98. The van der Waals surface area contributed by atoms with Crippen LogP contribution in [-0.4, -0.2) is 38.1 Å². The van der Waals surface area contributed by atoms with Gasteiger partial charge in [0.25, 0.3) is 0 Å². The van der Waals surface area contributed by atoms with Crippen molar-refractivity contribution in [2.75, 3.05) is 20.8 Å². The molecule has 102 valence electrons. The molecule has 1 aromatic heterocycles. The van der Waals surface area contributed by atoms with Crippen molar-refractivity contribution >= 4 is 11.6 Å². The Balaban J connectivity index is 2.74. The Kier molecular flexibility index (Phi) is 7.20. The highest BCUT2D eigenvalue weighted by atomic mass is 35.5. The molecule has 18 heavy (non-hydrogen) atoms. The van der Waals surface area contributed by atoms with Crippen LogP contribution in [-0.2, 0) is 15.9 Å². The van der Waals surface area contributed by atoms with E-state index in [2.05, 4.69) is 17.2 Å². The Morgan fingerprint density at radius 3 is 2.67 bits per heavy atom. The first-order valence-corrected chi connectivity index (χ1v) is 6.48. The van der Waals surface area contributed by atoms with Gasteiger partial charge in [0.1, 0.15) is 0 Å². The van der Waals surface area contributed by atoms with E-state index in [-0.39, 0.29) is 12.3 Å². The van der Waals surface area contributed by atoms with E-state index < -0.39 is 0 Å². The molecule has 5 heteroatoms. The van der Waals surface area contributed by atoms with Gasteiger partial charge >= 0.3 is 0 Å². The van der Waals surface area contributed by atoms with Crippen LogP contribution in [0.5, 0.6) is 0 Å². The van der Waals surface area contributed by atoms with Crippen molar-refractivity contribution in [2.24, 2.45) is 0 Å². The van der Waals surface area contributed by atoms with Gasteiger partial charge in [0, 0.05) is 26.6 Å². The van der Waals surface area contributed by atoms with E-state index >= 15 is 0 Å². The van der Waals surface area contributed by atoms with Crippen LogP contribution in [0.15, 0.2) is 18.5 Å². The lowest BCUT2D eigenvalue weighted by molar-refractivity contribution is -0.122. The lowest BCUT2D eigenvalue weighted by Gasteiger charge is -2.26. The van der Waals surface area contributed by atoms with Gasteiger partial charge in [-0.2, -0.15) is 0 Å². The average molecular weight is 273 g/mol. The molecule has 1 unspecified atom stereocenters. The molecule has 4 nitrogen and oxygen atoms in total. The number of hydrogen-bond donors (Lipinski definition) is 1. The largest absolute Gasteiger partial charge is 0.354 e. The van der Waals surface area contributed by atoms with Gasteiger partial charge < -0.3 is 14.8 Å². The number of hydrogen-bond acceptors (Lipinski definition) is 4. The second kappa shape index (κ2) is 8.43. The van der Waals surface area contributed by atoms with Gasteiger partial charge in [0.2, 0.25) is 0 Å². The third kappa shape index (κ3) is 4.53. The predicted molar refractivity (Wildman–Crippen MR) is 72.8 cm³/mol. The van der Waals surface area contributed by atoms with Gasteiger partial charge in [-0.1, -0.05) is 18.5 Å². The van der Waals surface area contributed by atoms with Crippen molar-refractivity contribution in [2.45, 2.75) is 32.1 Å². The van der Waals surface area contributed by atoms with Gasteiger partial charge in [0.05, 0.1) is 11.1 Å². The van der Waals surface area contributed by atoms with Crippen LogP contribution in [0.1, 0.15) is 18.9 Å². The lowest BCUT2D eigenvalue weighted by Crippen LogP contribution is -2.44. The van der Waals surface area contributed by atoms with Crippen LogP contribution in [0.4, 0.5) is 0 Å². The van der Waals surface area contributed by atoms with E-state index in [4.69, 9.17) is 21.1 Å². The molecule has 0 aliphatic heterocycles. The van der Waals surface area contributed by atoms with Crippen LogP contribution in [0, 0.1) is 0 Å². The van der Waals surface area contributed by atoms with Crippen molar-refractivity contribution in [1.29, 1.82) is 0 Å². The van der Waals surface area contributed by atoms with Crippen LogP contribution in [0.25, 0.3) is 0 Å². The second-order valence-corrected chi connectivity index (χ2v) is 4.48. The molecule has 0 spiro atoms. The molecule has 0 saturated carbocycles.